The lowest BCUT2D eigenvalue weighted by atomic mass is 9.96. The maximum atomic E-state index is 13.3. The van der Waals surface area contributed by atoms with Crippen LogP contribution in [0.25, 0.3) is 10.4 Å². The number of piperidine rings is 1. The van der Waals surface area contributed by atoms with Crippen LogP contribution in [0.3, 0.4) is 0 Å². The van der Waals surface area contributed by atoms with Crippen molar-refractivity contribution in [3.8, 4) is 10.4 Å². The lowest BCUT2D eigenvalue weighted by Gasteiger charge is -2.37. The third-order valence-electron chi connectivity index (χ3n) is 5.61. The van der Waals surface area contributed by atoms with Crippen molar-refractivity contribution in [3.05, 3.63) is 65.6 Å². The van der Waals surface area contributed by atoms with Gasteiger partial charge < -0.3 is 15.5 Å². The summed E-state index contributed by atoms with van der Waals surface area (Å²) in [6, 6.07) is 8.61. The zero-order valence-electron chi connectivity index (χ0n) is 16.4. The summed E-state index contributed by atoms with van der Waals surface area (Å²) in [5.41, 5.74) is 2.18. The molecule has 8 nitrogen and oxygen atoms in total. The molecular weight excluding hydrogens is 414 g/mol. The van der Waals surface area contributed by atoms with Crippen molar-refractivity contribution in [3.63, 3.8) is 0 Å². The second kappa shape index (κ2) is 7.92. The van der Waals surface area contributed by atoms with Gasteiger partial charge in [-0.3, -0.25) is 19.4 Å². The number of carbonyl (C=O) groups excluding carboxylic acids is 3. The molecular formula is C22H19N5O3S. The number of hydrogen-bond donors (Lipinski definition) is 2. The van der Waals surface area contributed by atoms with Gasteiger partial charge in [0.15, 0.2) is 0 Å². The summed E-state index contributed by atoms with van der Waals surface area (Å²) in [5, 5.41) is 7.80. The van der Waals surface area contributed by atoms with Gasteiger partial charge >= 0.3 is 0 Å². The van der Waals surface area contributed by atoms with Crippen LogP contribution < -0.4 is 10.6 Å². The van der Waals surface area contributed by atoms with E-state index in [0.717, 1.165) is 10.4 Å². The van der Waals surface area contributed by atoms with Crippen molar-refractivity contribution >= 4 is 34.7 Å². The van der Waals surface area contributed by atoms with Crippen LogP contribution in [0.2, 0.25) is 0 Å². The first-order valence-corrected chi connectivity index (χ1v) is 10.8. The first-order valence-electron chi connectivity index (χ1n) is 9.97. The molecule has 2 unspecified atom stereocenters. The molecule has 0 saturated carbocycles. The maximum Gasteiger partial charge on any atom is 0.271 e. The molecule has 1 saturated heterocycles. The number of amides is 3. The summed E-state index contributed by atoms with van der Waals surface area (Å²) in [7, 11) is 0. The first-order chi connectivity index (χ1) is 15.1. The van der Waals surface area contributed by atoms with Crippen molar-refractivity contribution in [2.24, 2.45) is 0 Å². The Hall–Kier alpha value is -3.59. The van der Waals surface area contributed by atoms with E-state index in [2.05, 4.69) is 20.6 Å². The monoisotopic (exact) mass is 433 g/mol. The van der Waals surface area contributed by atoms with Crippen LogP contribution in [0.4, 0.5) is 5.69 Å². The number of thiophene rings is 1. The molecule has 0 spiro atoms. The van der Waals surface area contributed by atoms with Crippen LogP contribution in [-0.4, -0.2) is 51.2 Å². The summed E-state index contributed by atoms with van der Waals surface area (Å²) >= 11 is 1.60. The molecule has 9 heteroatoms. The largest absolute Gasteiger partial charge is 0.348 e. The number of hydrogen-bond acceptors (Lipinski definition) is 6. The number of aromatic nitrogens is 2. The molecule has 3 amide bonds. The predicted molar refractivity (Wildman–Crippen MR) is 116 cm³/mol. The highest BCUT2D eigenvalue weighted by molar-refractivity contribution is 7.13. The van der Waals surface area contributed by atoms with Gasteiger partial charge in [-0.25, -0.2) is 4.98 Å². The zero-order valence-corrected chi connectivity index (χ0v) is 17.3. The Balaban J connectivity index is 1.37. The number of benzene rings is 1. The third kappa shape index (κ3) is 3.68. The fourth-order valence-corrected chi connectivity index (χ4v) is 4.78. The molecule has 1 aromatic carbocycles. The highest BCUT2D eigenvalue weighted by atomic mass is 32.1. The number of fused-ring (bicyclic) bond motifs is 2. The summed E-state index contributed by atoms with van der Waals surface area (Å²) in [6.45, 7) is 0.380. The fraction of sp³-hybridized carbons (Fsp3) is 0.227. The van der Waals surface area contributed by atoms with Gasteiger partial charge in [0.25, 0.3) is 11.8 Å². The second-order valence-corrected chi connectivity index (χ2v) is 8.47. The van der Waals surface area contributed by atoms with Crippen molar-refractivity contribution in [1.29, 1.82) is 0 Å². The minimum Gasteiger partial charge on any atom is -0.348 e. The van der Waals surface area contributed by atoms with Gasteiger partial charge in [0.1, 0.15) is 11.7 Å². The van der Waals surface area contributed by atoms with Crippen LogP contribution in [0, 0.1) is 0 Å². The summed E-state index contributed by atoms with van der Waals surface area (Å²) in [4.78, 5) is 49.3. The summed E-state index contributed by atoms with van der Waals surface area (Å²) in [5.74, 6) is -0.749. The normalized spacial score (nSPS) is 20.3. The molecule has 2 aliphatic rings. The van der Waals surface area contributed by atoms with Gasteiger partial charge in [-0.15, -0.1) is 11.3 Å². The predicted octanol–water partition coefficient (Wildman–Crippen LogP) is 2.56. The smallest absolute Gasteiger partial charge is 0.271 e. The summed E-state index contributed by atoms with van der Waals surface area (Å²) < 4.78 is 0. The van der Waals surface area contributed by atoms with Crippen LogP contribution >= 0.6 is 11.3 Å². The van der Waals surface area contributed by atoms with E-state index in [1.807, 2.05) is 29.6 Å². The average molecular weight is 433 g/mol. The topological polar surface area (TPSA) is 104 Å². The van der Waals surface area contributed by atoms with E-state index < -0.39 is 6.04 Å². The van der Waals surface area contributed by atoms with E-state index in [1.165, 1.54) is 18.6 Å². The average Bonchev–Trinajstić information content (AvgIpc) is 3.31. The van der Waals surface area contributed by atoms with E-state index in [9.17, 15) is 14.4 Å². The van der Waals surface area contributed by atoms with Gasteiger partial charge in [-0.05, 0) is 42.0 Å². The van der Waals surface area contributed by atoms with Crippen molar-refractivity contribution in [1.82, 2.24) is 20.2 Å². The molecule has 31 heavy (non-hydrogen) atoms. The van der Waals surface area contributed by atoms with E-state index >= 15 is 0 Å². The molecule has 0 aliphatic carbocycles. The Morgan fingerprint density at radius 3 is 2.90 bits per heavy atom. The molecule has 4 heterocycles. The van der Waals surface area contributed by atoms with E-state index in [0.29, 0.717) is 30.6 Å². The molecule has 0 bridgehead atoms. The van der Waals surface area contributed by atoms with Crippen LogP contribution in [0.15, 0.2) is 54.3 Å². The number of nitrogens with one attached hydrogen (secondary N) is 2. The van der Waals surface area contributed by atoms with Gasteiger partial charge in [-0.1, -0.05) is 12.1 Å². The SMILES string of the molecule is O=C(NC1CCN2C(=O)c3cc(-c4cccs4)ccc3NC(=O)C2C1)c1cnccn1. The summed E-state index contributed by atoms with van der Waals surface area (Å²) in [6.07, 6.45) is 5.25. The van der Waals surface area contributed by atoms with E-state index in [1.54, 1.807) is 22.3 Å². The quantitative estimate of drug-likeness (QED) is 0.661. The molecule has 1 fully saturated rings. The molecule has 2 aromatic heterocycles. The third-order valence-corrected chi connectivity index (χ3v) is 6.53. The molecule has 0 radical (unpaired) electrons. The first kappa shape index (κ1) is 19.4. The van der Waals surface area contributed by atoms with Crippen molar-refractivity contribution in [2.75, 3.05) is 11.9 Å². The highest BCUT2D eigenvalue weighted by Crippen LogP contribution is 2.33. The van der Waals surface area contributed by atoms with Crippen LogP contribution in [0.5, 0.6) is 0 Å². The number of rotatable bonds is 3. The van der Waals surface area contributed by atoms with Crippen LogP contribution in [-0.2, 0) is 4.79 Å². The van der Waals surface area contributed by atoms with E-state index in [4.69, 9.17) is 0 Å². The lowest BCUT2D eigenvalue weighted by Crippen LogP contribution is -2.55. The zero-order chi connectivity index (χ0) is 21.4. The van der Waals surface area contributed by atoms with Crippen molar-refractivity contribution in [2.45, 2.75) is 24.9 Å². The second-order valence-electron chi connectivity index (χ2n) is 7.53. The van der Waals surface area contributed by atoms with Gasteiger partial charge in [-0.2, -0.15) is 0 Å². The minimum absolute atomic E-state index is 0.171. The lowest BCUT2D eigenvalue weighted by molar-refractivity contribution is -0.121. The van der Waals surface area contributed by atoms with Crippen molar-refractivity contribution < 1.29 is 14.4 Å². The standard InChI is InChI=1S/C22H19N5O3S/c28-20(17-12-23-6-7-24-17)25-14-5-8-27-18(11-14)21(29)26-16-4-3-13(10-15(16)22(27)30)19-2-1-9-31-19/h1-4,6-7,9-10,12,14,18H,5,8,11H2,(H,25,28)(H,26,29). The number of nitrogens with zero attached hydrogens (tertiary/aromatic N) is 3. The molecule has 5 rings (SSSR count). The van der Waals surface area contributed by atoms with E-state index in [-0.39, 0.29) is 29.5 Å². The Morgan fingerprint density at radius 1 is 1.23 bits per heavy atom. The Labute approximate surface area is 182 Å². The van der Waals surface area contributed by atoms with Crippen LogP contribution in [0.1, 0.15) is 33.7 Å². The minimum atomic E-state index is -0.647. The highest BCUT2D eigenvalue weighted by Gasteiger charge is 2.40. The Kier molecular flexibility index (Phi) is 4.95. The maximum absolute atomic E-state index is 13.3. The Morgan fingerprint density at radius 2 is 2.13 bits per heavy atom. The molecule has 2 N–H and O–H groups in total. The van der Waals surface area contributed by atoms with Gasteiger partial charge in [0.05, 0.1) is 17.4 Å². The Bertz CT molecular complexity index is 1150. The van der Waals surface area contributed by atoms with Gasteiger partial charge in [0.2, 0.25) is 5.91 Å². The number of anilines is 1. The van der Waals surface area contributed by atoms with Gasteiger partial charge in [0, 0.05) is 29.9 Å². The number of carbonyl (C=O) groups is 3. The molecule has 156 valence electrons. The molecule has 2 aliphatic heterocycles. The molecule has 2 atom stereocenters. The molecule has 3 aromatic rings. The fourth-order valence-electron chi connectivity index (χ4n) is 4.06.